The number of fused-ring (bicyclic) bond motifs is 1. The Labute approximate surface area is 234 Å². The fourth-order valence-electron chi connectivity index (χ4n) is 5.32. The molecule has 0 bridgehead atoms. The second-order valence-corrected chi connectivity index (χ2v) is 10.2. The number of likely N-dealkylation sites (tertiary alicyclic amines) is 1. The summed E-state index contributed by atoms with van der Waals surface area (Å²) in [7, 11) is 1.56. The first-order valence-corrected chi connectivity index (χ1v) is 13.8. The lowest BCUT2D eigenvalue weighted by molar-refractivity contribution is -0.139. The van der Waals surface area contributed by atoms with E-state index in [1.807, 2.05) is 29.8 Å². The molecule has 1 amide bonds. The van der Waals surface area contributed by atoms with E-state index < -0.39 is 17.7 Å². The zero-order valence-corrected chi connectivity index (χ0v) is 23.1. The van der Waals surface area contributed by atoms with E-state index in [-0.39, 0.29) is 17.4 Å². The smallest absolute Gasteiger partial charge is 0.295 e. The zero-order chi connectivity index (χ0) is 28.2. The highest BCUT2D eigenvalue weighted by Gasteiger charge is 2.46. The van der Waals surface area contributed by atoms with Crippen molar-refractivity contribution in [1.29, 1.82) is 0 Å². The Morgan fingerprint density at radius 3 is 2.73 bits per heavy atom. The van der Waals surface area contributed by atoms with E-state index in [1.54, 1.807) is 43.9 Å². The molecule has 0 unspecified atom stereocenters. The van der Waals surface area contributed by atoms with Gasteiger partial charge in [-0.25, -0.2) is 4.98 Å². The van der Waals surface area contributed by atoms with Crippen LogP contribution < -0.4 is 14.2 Å². The summed E-state index contributed by atoms with van der Waals surface area (Å²) in [6.45, 7) is 5.58. The van der Waals surface area contributed by atoms with Gasteiger partial charge < -0.3 is 28.8 Å². The molecule has 9 heteroatoms. The van der Waals surface area contributed by atoms with Gasteiger partial charge in [-0.05, 0) is 61.2 Å². The summed E-state index contributed by atoms with van der Waals surface area (Å²) < 4.78 is 19.2. The Hall–Kier alpha value is -4.27. The Balaban J connectivity index is 1.53. The summed E-state index contributed by atoms with van der Waals surface area (Å²) in [5.41, 5.74) is 2.14. The van der Waals surface area contributed by atoms with Gasteiger partial charge in [0.1, 0.15) is 17.6 Å². The van der Waals surface area contributed by atoms with E-state index in [0.717, 1.165) is 24.2 Å². The largest absolute Gasteiger partial charge is 0.507 e. The molecule has 40 heavy (non-hydrogen) atoms. The molecule has 0 radical (unpaired) electrons. The number of unbranched alkanes of at least 4 members (excludes halogenated alkanes) is 1. The van der Waals surface area contributed by atoms with Gasteiger partial charge in [-0.2, -0.15) is 0 Å². The highest BCUT2D eigenvalue weighted by atomic mass is 16.5. The molecule has 1 aromatic heterocycles. The van der Waals surface area contributed by atoms with Crippen molar-refractivity contribution in [2.24, 2.45) is 0 Å². The van der Waals surface area contributed by atoms with Crippen molar-refractivity contribution in [3.63, 3.8) is 0 Å². The van der Waals surface area contributed by atoms with Gasteiger partial charge in [-0.15, -0.1) is 0 Å². The number of ether oxygens (including phenoxy) is 3. The van der Waals surface area contributed by atoms with Crippen LogP contribution in [0.15, 0.2) is 60.7 Å². The van der Waals surface area contributed by atoms with Crippen LogP contribution in [0.4, 0.5) is 0 Å². The Morgan fingerprint density at radius 1 is 1.12 bits per heavy atom. The van der Waals surface area contributed by atoms with Gasteiger partial charge in [-0.3, -0.25) is 9.59 Å². The number of Topliss-reactive ketones (excluding diaryl/α,β-unsaturated/α-hetero) is 1. The molecule has 9 nitrogen and oxygen atoms in total. The van der Waals surface area contributed by atoms with Crippen LogP contribution in [0, 0.1) is 0 Å². The number of amides is 1. The first-order valence-electron chi connectivity index (χ1n) is 13.8. The summed E-state index contributed by atoms with van der Waals surface area (Å²) in [5.74, 6) is 0.301. The standard InChI is InChI=1S/C31H35N3O6/c1-4-5-15-39-25-10-7-21(18-26(25)38-3)28-27(29(35)22-8-9-24-23(17-22)16-20(2)40-24)30(36)31(37)34(28)13-6-12-33-14-11-32-19-33/h7-11,14,17-20,28,35H,4-6,12-13,15-16H2,1-3H3/t20-,28+/m0/s1. The van der Waals surface area contributed by atoms with E-state index in [9.17, 15) is 14.7 Å². The second kappa shape index (κ2) is 11.9. The van der Waals surface area contributed by atoms with E-state index in [0.29, 0.717) is 55.2 Å². The number of aromatic nitrogens is 2. The quantitative estimate of drug-likeness (QED) is 0.158. The average molecular weight is 546 g/mol. The molecule has 3 heterocycles. The van der Waals surface area contributed by atoms with Gasteiger partial charge in [-0.1, -0.05) is 19.4 Å². The number of hydrogen-bond donors (Lipinski definition) is 1. The first kappa shape index (κ1) is 27.3. The van der Waals surface area contributed by atoms with E-state index in [4.69, 9.17) is 14.2 Å². The number of nitrogens with zero attached hydrogens (tertiary/aromatic N) is 3. The molecule has 2 atom stereocenters. The van der Waals surface area contributed by atoms with Gasteiger partial charge in [0.15, 0.2) is 11.5 Å². The van der Waals surface area contributed by atoms with Gasteiger partial charge in [0, 0.05) is 37.5 Å². The lowest BCUT2D eigenvalue weighted by atomic mass is 9.94. The summed E-state index contributed by atoms with van der Waals surface area (Å²) >= 11 is 0. The van der Waals surface area contributed by atoms with Gasteiger partial charge in [0.05, 0.1) is 31.7 Å². The number of rotatable bonds is 11. The minimum atomic E-state index is -0.787. The van der Waals surface area contributed by atoms with Crippen molar-refractivity contribution in [3.05, 3.63) is 77.4 Å². The zero-order valence-electron chi connectivity index (χ0n) is 23.1. The predicted molar refractivity (Wildman–Crippen MR) is 149 cm³/mol. The summed E-state index contributed by atoms with van der Waals surface area (Å²) in [6.07, 6.45) is 8.53. The molecule has 5 rings (SSSR count). The van der Waals surface area contributed by atoms with Crippen molar-refractivity contribution in [3.8, 4) is 17.2 Å². The average Bonchev–Trinajstić information content (AvgIpc) is 3.67. The third kappa shape index (κ3) is 5.41. The summed E-state index contributed by atoms with van der Waals surface area (Å²) in [4.78, 5) is 32.5. The van der Waals surface area contributed by atoms with Crippen LogP contribution in [-0.4, -0.2) is 57.6 Å². The number of aliphatic hydroxyl groups excluding tert-OH is 1. The number of methoxy groups -OCH3 is 1. The van der Waals surface area contributed by atoms with Crippen molar-refractivity contribution in [1.82, 2.24) is 14.5 Å². The lowest BCUT2D eigenvalue weighted by Crippen LogP contribution is -2.31. The number of benzene rings is 2. The maximum atomic E-state index is 13.5. The number of aryl methyl sites for hydroxylation is 1. The van der Waals surface area contributed by atoms with Crippen LogP contribution in [0.1, 0.15) is 55.8 Å². The summed E-state index contributed by atoms with van der Waals surface area (Å²) in [5, 5.41) is 11.5. The molecule has 1 fully saturated rings. The molecule has 0 aliphatic carbocycles. The Morgan fingerprint density at radius 2 is 1.98 bits per heavy atom. The van der Waals surface area contributed by atoms with Crippen molar-refractivity contribution >= 4 is 17.4 Å². The molecule has 0 spiro atoms. The number of hydrogen-bond acceptors (Lipinski definition) is 7. The lowest BCUT2D eigenvalue weighted by Gasteiger charge is -2.26. The third-order valence-corrected chi connectivity index (χ3v) is 7.34. The molecular formula is C31H35N3O6. The maximum Gasteiger partial charge on any atom is 0.295 e. The van der Waals surface area contributed by atoms with Crippen molar-refractivity contribution < 1.29 is 28.9 Å². The highest BCUT2D eigenvalue weighted by Crippen LogP contribution is 2.43. The van der Waals surface area contributed by atoms with Crippen LogP contribution in [0.5, 0.6) is 17.2 Å². The second-order valence-electron chi connectivity index (χ2n) is 10.2. The fraction of sp³-hybridized carbons (Fsp3) is 0.387. The maximum absolute atomic E-state index is 13.5. The van der Waals surface area contributed by atoms with Gasteiger partial charge in [0.25, 0.3) is 11.7 Å². The van der Waals surface area contributed by atoms with Crippen LogP contribution in [0.2, 0.25) is 0 Å². The fourth-order valence-corrected chi connectivity index (χ4v) is 5.32. The minimum absolute atomic E-state index is 0.0407. The molecular weight excluding hydrogens is 510 g/mol. The molecule has 2 aliphatic heterocycles. The van der Waals surface area contributed by atoms with Crippen molar-refractivity contribution in [2.45, 2.75) is 58.2 Å². The monoisotopic (exact) mass is 545 g/mol. The molecule has 2 aliphatic rings. The molecule has 210 valence electrons. The topological polar surface area (TPSA) is 103 Å². The number of ketones is 1. The molecule has 3 aromatic rings. The summed E-state index contributed by atoms with van der Waals surface area (Å²) in [6, 6.07) is 9.98. The number of carbonyl (C=O) groups is 2. The normalized spacial score (nSPS) is 19.5. The molecule has 1 N–H and O–H groups in total. The van der Waals surface area contributed by atoms with E-state index in [2.05, 4.69) is 11.9 Å². The number of aliphatic hydroxyl groups is 1. The van der Waals surface area contributed by atoms with E-state index in [1.165, 1.54) is 4.90 Å². The number of carbonyl (C=O) groups excluding carboxylic acids is 2. The SMILES string of the molecule is CCCCOc1ccc([C@@H]2C(=C(O)c3ccc4c(c3)C[C@H](C)O4)C(=O)C(=O)N2CCCn2ccnc2)cc1OC. The van der Waals surface area contributed by atoms with Gasteiger partial charge >= 0.3 is 0 Å². The van der Waals surface area contributed by atoms with Crippen LogP contribution in [0.3, 0.4) is 0 Å². The van der Waals surface area contributed by atoms with Crippen LogP contribution in [0.25, 0.3) is 5.76 Å². The minimum Gasteiger partial charge on any atom is -0.507 e. The van der Waals surface area contributed by atoms with Crippen LogP contribution >= 0.6 is 0 Å². The van der Waals surface area contributed by atoms with E-state index >= 15 is 0 Å². The molecule has 1 saturated heterocycles. The number of imidazole rings is 1. The van der Waals surface area contributed by atoms with Crippen molar-refractivity contribution in [2.75, 3.05) is 20.3 Å². The highest BCUT2D eigenvalue weighted by molar-refractivity contribution is 6.46. The Kier molecular flexibility index (Phi) is 8.09. The third-order valence-electron chi connectivity index (χ3n) is 7.34. The van der Waals surface area contributed by atoms with Gasteiger partial charge in [0.2, 0.25) is 0 Å². The predicted octanol–water partition coefficient (Wildman–Crippen LogP) is 4.91. The molecule has 0 saturated carbocycles. The first-order chi connectivity index (χ1) is 19.4. The Bertz CT molecular complexity index is 1410. The molecule has 2 aromatic carbocycles. The van der Waals surface area contributed by atoms with Crippen LogP contribution in [-0.2, 0) is 22.6 Å².